The van der Waals surface area contributed by atoms with Crippen LogP contribution in [0.2, 0.25) is 0 Å². The van der Waals surface area contributed by atoms with Crippen LogP contribution < -0.4 is 11.2 Å². The molecule has 120 valence electrons. The topological polar surface area (TPSA) is 88.1 Å². The molecule has 0 N–H and O–H groups in total. The second-order valence-electron chi connectivity index (χ2n) is 5.22. The molecule has 0 aliphatic carbocycles. The van der Waals surface area contributed by atoms with Crippen LogP contribution in [0.15, 0.2) is 9.59 Å². The normalized spacial score (nSPS) is 11.1. The number of imidazole rings is 1. The smallest absolute Gasteiger partial charge is 0.332 e. The van der Waals surface area contributed by atoms with Gasteiger partial charge in [0.1, 0.15) is 12.2 Å². The number of carbonyl (C=O) groups is 1. The summed E-state index contributed by atoms with van der Waals surface area (Å²) in [6.45, 7) is 2.38. The molecule has 0 saturated heterocycles. The molecule has 0 atom stereocenters. The number of rotatable bonds is 5. The van der Waals surface area contributed by atoms with Gasteiger partial charge in [-0.15, -0.1) is 0 Å². The lowest BCUT2D eigenvalue weighted by molar-refractivity contribution is -0.143. The third kappa shape index (κ3) is 2.68. The van der Waals surface area contributed by atoms with E-state index in [1.807, 2.05) is 6.92 Å². The van der Waals surface area contributed by atoms with Crippen LogP contribution in [0.1, 0.15) is 25.6 Å². The van der Waals surface area contributed by atoms with Crippen LogP contribution >= 0.6 is 0 Å². The van der Waals surface area contributed by atoms with Crippen LogP contribution in [0.4, 0.5) is 0 Å². The van der Waals surface area contributed by atoms with Crippen molar-refractivity contribution < 1.29 is 9.53 Å². The number of unbranched alkanes of at least 4 members (excludes halogenated alkanes) is 1. The molecule has 0 aliphatic heterocycles. The van der Waals surface area contributed by atoms with Crippen molar-refractivity contribution >= 4 is 17.1 Å². The predicted molar refractivity (Wildman–Crippen MR) is 80.8 cm³/mol. The summed E-state index contributed by atoms with van der Waals surface area (Å²) in [6.07, 6.45) is 1.72. The summed E-state index contributed by atoms with van der Waals surface area (Å²) in [6, 6.07) is 0. The number of hydrogen-bond donors (Lipinski definition) is 0. The summed E-state index contributed by atoms with van der Waals surface area (Å²) in [5, 5.41) is 0. The van der Waals surface area contributed by atoms with Gasteiger partial charge in [-0.05, 0) is 6.42 Å². The Hall–Kier alpha value is -2.38. The Balaban J connectivity index is 2.42. The van der Waals surface area contributed by atoms with E-state index in [0.717, 1.165) is 17.4 Å². The van der Waals surface area contributed by atoms with Crippen LogP contribution in [-0.4, -0.2) is 31.3 Å². The highest BCUT2D eigenvalue weighted by Crippen LogP contribution is 2.10. The Morgan fingerprint density at radius 1 is 1.14 bits per heavy atom. The quantitative estimate of drug-likeness (QED) is 0.566. The molecule has 0 radical (unpaired) electrons. The Kier molecular flexibility index (Phi) is 4.48. The van der Waals surface area contributed by atoms with E-state index in [0.29, 0.717) is 17.9 Å². The lowest BCUT2D eigenvalue weighted by Crippen LogP contribution is -2.37. The van der Waals surface area contributed by atoms with E-state index < -0.39 is 17.2 Å². The van der Waals surface area contributed by atoms with Gasteiger partial charge in [-0.25, -0.2) is 9.78 Å². The van der Waals surface area contributed by atoms with Crippen molar-refractivity contribution in [2.45, 2.75) is 26.2 Å². The summed E-state index contributed by atoms with van der Waals surface area (Å²) in [4.78, 5) is 40.2. The molecule has 0 saturated carbocycles. The van der Waals surface area contributed by atoms with E-state index in [-0.39, 0.29) is 12.1 Å². The summed E-state index contributed by atoms with van der Waals surface area (Å²) in [5.41, 5.74) is -0.320. The van der Waals surface area contributed by atoms with Crippen LogP contribution in [0.25, 0.3) is 11.2 Å². The standard InChI is InChI=1S/C14H20N4O4/c1-5-6-7-22-10(19)8-9-15-12-11(16(9)2)13(20)18(4)14(21)17(12)3/h5-8H2,1-4H3. The Bertz CT molecular complexity index is 828. The molecule has 22 heavy (non-hydrogen) atoms. The van der Waals surface area contributed by atoms with Crippen LogP contribution in [0, 0.1) is 0 Å². The second kappa shape index (κ2) is 6.17. The zero-order chi connectivity index (χ0) is 16.4. The molecule has 2 heterocycles. The molecule has 2 aromatic heterocycles. The molecule has 0 amide bonds. The lowest BCUT2D eigenvalue weighted by Gasteiger charge is -2.04. The number of hydrogen-bond acceptors (Lipinski definition) is 5. The van der Waals surface area contributed by atoms with E-state index >= 15 is 0 Å². The highest BCUT2D eigenvalue weighted by molar-refractivity contribution is 5.75. The number of esters is 1. The number of fused-ring (bicyclic) bond motifs is 1. The minimum atomic E-state index is -0.451. The number of nitrogens with zero attached hydrogens (tertiary/aromatic N) is 4. The van der Waals surface area contributed by atoms with Gasteiger partial charge in [0.25, 0.3) is 5.56 Å². The van der Waals surface area contributed by atoms with Crippen LogP contribution in [-0.2, 0) is 37.1 Å². The largest absolute Gasteiger partial charge is 0.465 e. The number of carbonyl (C=O) groups excluding carboxylic acids is 1. The van der Waals surface area contributed by atoms with Crippen molar-refractivity contribution in [3.8, 4) is 0 Å². The van der Waals surface area contributed by atoms with E-state index in [1.165, 1.54) is 16.2 Å². The second-order valence-corrected chi connectivity index (χ2v) is 5.22. The first-order chi connectivity index (χ1) is 10.4. The fraction of sp³-hybridized carbons (Fsp3) is 0.571. The first-order valence-corrected chi connectivity index (χ1v) is 7.15. The number of aryl methyl sites for hydroxylation is 2. The lowest BCUT2D eigenvalue weighted by atomic mass is 10.3. The first kappa shape index (κ1) is 16.0. The SMILES string of the molecule is CCCCOC(=O)Cc1nc2c(c(=O)n(C)c(=O)n2C)n1C. The van der Waals surface area contributed by atoms with E-state index in [2.05, 4.69) is 4.98 Å². The van der Waals surface area contributed by atoms with Crippen molar-refractivity contribution in [2.75, 3.05) is 6.61 Å². The van der Waals surface area contributed by atoms with Gasteiger partial charge in [0.2, 0.25) is 0 Å². The maximum absolute atomic E-state index is 12.2. The minimum Gasteiger partial charge on any atom is -0.465 e. The third-order valence-electron chi connectivity index (χ3n) is 3.63. The van der Waals surface area contributed by atoms with Crippen molar-refractivity contribution in [1.29, 1.82) is 0 Å². The van der Waals surface area contributed by atoms with E-state index in [1.54, 1.807) is 14.1 Å². The van der Waals surface area contributed by atoms with Crippen molar-refractivity contribution in [3.63, 3.8) is 0 Å². The Morgan fingerprint density at radius 2 is 1.82 bits per heavy atom. The van der Waals surface area contributed by atoms with Crippen LogP contribution in [0.5, 0.6) is 0 Å². The summed E-state index contributed by atoms with van der Waals surface area (Å²) >= 11 is 0. The molecule has 0 bridgehead atoms. The molecule has 2 rings (SSSR count). The molecule has 0 fully saturated rings. The van der Waals surface area contributed by atoms with Crippen molar-refractivity contribution in [2.24, 2.45) is 21.1 Å². The van der Waals surface area contributed by atoms with Gasteiger partial charge in [0, 0.05) is 21.1 Å². The van der Waals surface area contributed by atoms with Gasteiger partial charge in [-0.2, -0.15) is 0 Å². The fourth-order valence-corrected chi connectivity index (χ4v) is 2.23. The summed E-state index contributed by atoms with van der Waals surface area (Å²) < 4.78 is 8.96. The van der Waals surface area contributed by atoms with Gasteiger partial charge in [-0.1, -0.05) is 13.3 Å². The maximum atomic E-state index is 12.2. The van der Waals surface area contributed by atoms with Gasteiger partial charge >= 0.3 is 11.7 Å². The Labute approximate surface area is 126 Å². The number of ether oxygens (including phenoxy) is 1. The highest BCUT2D eigenvalue weighted by atomic mass is 16.5. The average Bonchev–Trinajstić information content (AvgIpc) is 2.80. The average molecular weight is 308 g/mol. The monoisotopic (exact) mass is 308 g/mol. The van der Waals surface area contributed by atoms with E-state index in [9.17, 15) is 14.4 Å². The zero-order valence-corrected chi connectivity index (χ0v) is 13.3. The van der Waals surface area contributed by atoms with E-state index in [4.69, 9.17) is 4.74 Å². The molecule has 2 aromatic rings. The van der Waals surface area contributed by atoms with Crippen molar-refractivity contribution in [1.82, 2.24) is 18.7 Å². The molecule has 8 heteroatoms. The maximum Gasteiger partial charge on any atom is 0.332 e. The van der Waals surface area contributed by atoms with Crippen LogP contribution in [0.3, 0.4) is 0 Å². The zero-order valence-electron chi connectivity index (χ0n) is 13.3. The number of aromatic nitrogens is 4. The van der Waals surface area contributed by atoms with Gasteiger partial charge in [0.15, 0.2) is 11.2 Å². The van der Waals surface area contributed by atoms with Gasteiger partial charge < -0.3 is 9.30 Å². The minimum absolute atomic E-state index is 0.0355. The molecule has 8 nitrogen and oxygen atoms in total. The molecule has 0 aromatic carbocycles. The Morgan fingerprint density at radius 3 is 2.45 bits per heavy atom. The molecular formula is C14H20N4O4. The van der Waals surface area contributed by atoms with Gasteiger partial charge in [-0.3, -0.25) is 18.7 Å². The predicted octanol–water partition coefficient (Wildman–Crippen LogP) is -0.143. The molecule has 0 spiro atoms. The first-order valence-electron chi connectivity index (χ1n) is 7.15. The molecule has 0 unspecified atom stereocenters. The fourth-order valence-electron chi connectivity index (χ4n) is 2.23. The molecular weight excluding hydrogens is 288 g/mol. The third-order valence-corrected chi connectivity index (χ3v) is 3.63. The summed E-state index contributed by atoms with van der Waals surface area (Å²) in [7, 11) is 4.60. The molecule has 0 aliphatic rings. The van der Waals surface area contributed by atoms with Crippen molar-refractivity contribution in [3.05, 3.63) is 26.7 Å². The van der Waals surface area contributed by atoms with Gasteiger partial charge in [0.05, 0.1) is 6.61 Å². The summed E-state index contributed by atoms with van der Waals surface area (Å²) in [5.74, 6) is 0.00322. The highest BCUT2D eigenvalue weighted by Gasteiger charge is 2.18.